The fourth-order valence-corrected chi connectivity index (χ4v) is 1.93. The second-order valence-electron chi connectivity index (χ2n) is 5.81. The van der Waals surface area contributed by atoms with E-state index >= 15 is 0 Å². The first kappa shape index (κ1) is 14.7. The normalized spacial score (nSPS) is 11.5. The van der Waals surface area contributed by atoms with Crippen molar-refractivity contribution in [2.45, 2.75) is 40.2 Å². The summed E-state index contributed by atoms with van der Waals surface area (Å²) in [6.45, 7) is 10.3. The van der Waals surface area contributed by atoms with E-state index in [-0.39, 0.29) is 0 Å². The summed E-state index contributed by atoms with van der Waals surface area (Å²) in [6, 6.07) is 8.33. The molecule has 0 unspecified atom stereocenters. The number of benzene rings is 1. The van der Waals surface area contributed by atoms with Gasteiger partial charge in [-0.3, -0.25) is 0 Å². The van der Waals surface area contributed by atoms with E-state index < -0.39 is 0 Å². The average molecular weight is 273 g/mol. The van der Waals surface area contributed by atoms with Crippen LogP contribution < -0.4 is 5.32 Å². The molecule has 1 aromatic heterocycles. The topological polar surface area (TPSA) is 51.0 Å². The maximum absolute atomic E-state index is 5.25. The van der Waals surface area contributed by atoms with Gasteiger partial charge in [0.1, 0.15) is 0 Å². The molecule has 1 aromatic carbocycles. The van der Waals surface area contributed by atoms with Crippen molar-refractivity contribution in [3.8, 4) is 11.4 Å². The summed E-state index contributed by atoms with van der Waals surface area (Å²) in [5, 5.41) is 7.33. The summed E-state index contributed by atoms with van der Waals surface area (Å²) in [6.07, 6.45) is 0. The summed E-state index contributed by atoms with van der Waals surface area (Å²) in [5.74, 6) is 2.43. The third kappa shape index (κ3) is 3.90. The Morgan fingerprint density at radius 1 is 1.10 bits per heavy atom. The Balaban J connectivity index is 2.01. The van der Waals surface area contributed by atoms with Gasteiger partial charge in [-0.05, 0) is 23.9 Å². The Hall–Kier alpha value is -1.68. The van der Waals surface area contributed by atoms with Crippen molar-refractivity contribution in [2.75, 3.05) is 6.54 Å². The molecule has 0 amide bonds. The third-order valence-electron chi connectivity index (χ3n) is 3.13. The molecule has 0 aliphatic heterocycles. The first-order chi connectivity index (χ1) is 9.56. The highest BCUT2D eigenvalue weighted by Gasteiger charge is 2.09. The van der Waals surface area contributed by atoms with Crippen LogP contribution >= 0.6 is 0 Å². The highest BCUT2D eigenvalue weighted by atomic mass is 16.5. The highest BCUT2D eigenvalue weighted by molar-refractivity contribution is 5.54. The Labute approximate surface area is 120 Å². The average Bonchev–Trinajstić information content (AvgIpc) is 2.87. The van der Waals surface area contributed by atoms with Gasteiger partial charge in [0.05, 0.1) is 6.54 Å². The van der Waals surface area contributed by atoms with E-state index in [0.717, 1.165) is 12.1 Å². The van der Waals surface area contributed by atoms with Crippen molar-refractivity contribution in [3.63, 3.8) is 0 Å². The van der Waals surface area contributed by atoms with Gasteiger partial charge in [0, 0.05) is 5.56 Å². The van der Waals surface area contributed by atoms with E-state index in [0.29, 0.717) is 30.1 Å². The zero-order valence-corrected chi connectivity index (χ0v) is 12.7. The van der Waals surface area contributed by atoms with E-state index in [1.165, 1.54) is 5.56 Å². The van der Waals surface area contributed by atoms with Crippen molar-refractivity contribution in [2.24, 2.45) is 5.92 Å². The second-order valence-corrected chi connectivity index (χ2v) is 5.81. The summed E-state index contributed by atoms with van der Waals surface area (Å²) in [5.41, 5.74) is 2.31. The van der Waals surface area contributed by atoms with Gasteiger partial charge in [-0.1, -0.05) is 57.1 Å². The standard InChI is InChI=1S/C16H23N3O/c1-11(2)9-17-10-15-18-16(19-20-15)14-7-5-13(6-8-14)12(3)4/h5-8,11-12,17H,9-10H2,1-4H3. The predicted molar refractivity (Wildman–Crippen MR) is 80.4 cm³/mol. The molecule has 20 heavy (non-hydrogen) atoms. The first-order valence-corrected chi connectivity index (χ1v) is 7.20. The van der Waals surface area contributed by atoms with E-state index in [1.807, 2.05) is 12.1 Å². The van der Waals surface area contributed by atoms with E-state index in [9.17, 15) is 0 Å². The molecule has 0 spiro atoms. The lowest BCUT2D eigenvalue weighted by molar-refractivity contribution is 0.364. The van der Waals surface area contributed by atoms with Crippen LogP contribution in [0.25, 0.3) is 11.4 Å². The van der Waals surface area contributed by atoms with Crippen LogP contribution in [0.4, 0.5) is 0 Å². The Morgan fingerprint density at radius 3 is 2.40 bits per heavy atom. The first-order valence-electron chi connectivity index (χ1n) is 7.20. The molecule has 0 atom stereocenters. The Morgan fingerprint density at radius 2 is 1.80 bits per heavy atom. The monoisotopic (exact) mass is 273 g/mol. The Kier molecular flexibility index (Phi) is 4.90. The lowest BCUT2D eigenvalue weighted by Crippen LogP contribution is -2.19. The minimum absolute atomic E-state index is 0.533. The molecule has 4 heteroatoms. The molecule has 0 fully saturated rings. The molecule has 1 N–H and O–H groups in total. The second kappa shape index (κ2) is 6.66. The van der Waals surface area contributed by atoms with Crippen molar-refractivity contribution in [1.82, 2.24) is 15.5 Å². The fourth-order valence-electron chi connectivity index (χ4n) is 1.93. The zero-order valence-electron chi connectivity index (χ0n) is 12.7. The van der Waals surface area contributed by atoms with Gasteiger partial charge in [0.2, 0.25) is 11.7 Å². The molecule has 0 saturated carbocycles. The molecule has 4 nitrogen and oxygen atoms in total. The lowest BCUT2D eigenvalue weighted by Gasteiger charge is -2.04. The molecule has 0 saturated heterocycles. The molecular formula is C16H23N3O. The predicted octanol–water partition coefficient (Wildman–Crippen LogP) is 3.61. The maximum Gasteiger partial charge on any atom is 0.240 e. The van der Waals surface area contributed by atoms with Gasteiger partial charge >= 0.3 is 0 Å². The van der Waals surface area contributed by atoms with E-state index in [4.69, 9.17) is 4.52 Å². The third-order valence-corrected chi connectivity index (χ3v) is 3.13. The largest absolute Gasteiger partial charge is 0.338 e. The molecule has 0 radical (unpaired) electrons. The van der Waals surface area contributed by atoms with Crippen molar-refractivity contribution in [1.29, 1.82) is 0 Å². The van der Waals surface area contributed by atoms with E-state index in [2.05, 4.69) is 55.3 Å². The number of rotatable bonds is 6. The highest BCUT2D eigenvalue weighted by Crippen LogP contribution is 2.20. The number of hydrogen-bond acceptors (Lipinski definition) is 4. The summed E-state index contributed by atoms with van der Waals surface area (Å²) >= 11 is 0. The van der Waals surface area contributed by atoms with Crippen LogP contribution in [0.2, 0.25) is 0 Å². The van der Waals surface area contributed by atoms with Gasteiger partial charge < -0.3 is 9.84 Å². The minimum atomic E-state index is 0.533. The number of nitrogens with zero attached hydrogens (tertiary/aromatic N) is 2. The van der Waals surface area contributed by atoms with E-state index in [1.54, 1.807) is 0 Å². The molecule has 2 aromatic rings. The molecule has 2 rings (SSSR count). The van der Waals surface area contributed by atoms with Gasteiger partial charge in [-0.2, -0.15) is 4.98 Å². The van der Waals surface area contributed by atoms with Crippen molar-refractivity contribution < 1.29 is 4.52 Å². The zero-order chi connectivity index (χ0) is 14.5. The van der Waals surface area contributed by atoms with Crippen LogP contribution in [0.15, 0.2) is 28.8 Å². The smallest absolute Gasteiger partial charge is 0.240 e. The minimum Gasteiger partial charge on any atom is -0.338 e. The molecule has 0 aliphatic carbocycles. The molecular weight excluding hydrogens is 250 g/mol. The quantitative estimate of drug-likeness (QED) is 0.873. The molecule has 0 aliphatic rings. The van der Waals surface area contributed by atoms with Crippen molar-refractivity contribution in [3.05, 3.63) is 35.7 Å². The van der Waals surface area contributed by atoms with Crippen LogP contribution in [-0.4, -0.2) is 16.7 Å². The summed E-state index contributed by atoms with van der Waals surface area (Å²) in [4.78, 5) is 4.41. The van der Waals surface area contributed by atoms with Crippen LogP contribution in [0.5, 0.6) is 0 Å². The van der Waals surface area contributed by atoms with Gasteiger partial charge in [0.15, 0.2) is 0 Å². The molecule has 0 bridgehead atoms. The molecule has 1 heterocycles. The van der Waals surface area contributed by atoms with Crippen LogP contribution in [0.1, 0.15) is 45.1 Å². The summed E-state index contributed by atoms with van der Waals surface area (Å²) in [7, 11) is 0. The number of nitrogens with one attached hydrogen (secondary N) is 1. The van der Waals surface area contributed by atoms with Crippen LogP contribution in [0, 0.1) is 5.92 Å². The summed E-state index contributed by atoms with van der Waals surface area (Å²) < 4.78 is 5.25. The number of hydrogen-bond donors (Lipinski definition) is 1. The lowest BCUT2D eigenvalue weighted by atomic mass is 10.0. The molecule has 108 valence electrons. The fraction of sp³-hybridized carbons (Fsp3) is 0.500. The van der Waals surface area contributed by atoms with Gasteiger partial charge in [-0.25, -0.2) is 0 Å². The number of aromatic nitrogens is 2. The SMILES string of the molecule is CC(C)CNCc1nc(-c2ccc(C(C)C)cc2)no1. The van der Waals surface area contributed by atoms with Gasteiger partial charge in [-0.15, -0.1) is 0 Å². The van der Waals surface area contributed by atoms with Crippen molar-refractivity contribution >= 4 is 0 Å². The van der Waals surface area contributed by atoms with Gasteiger partial charge in [0.25, 0.3) is 0 Å². The Bertz CT molecular complexity index is 529. The van der Waals surface area contributed by atoms with Crippen LogP contribution in [0.3, 0.4) is 0 Å². The van der Waals surface area contributed by atoms with Crippen LogP contribution in [-0.2, 0) is 6.54 Å². The maximum atomic E-state index is 5.25.